The van der Waals surface area contributed by atoms with Crippen LogP contribution < -0.4 is 10.6 Å². The summed E-state index contributed by atoms with van der Waals surface area (Å²) >= 11 is 0. The van der Waals surface area contributed by atoms with E-state index < -0.39 is 23.4 Å². The van der Waals surface area contributed by atoms with E-state index in [-0.39, 0.29) is 0 Å². The highest BCUT2D eigenvalue weighted by atomic mass is 16.6. The molecule has 0 aromatic carbocycles. The van der Waals surface area contributed by atoms with Gasteiger partial charge in [-0.1, -0.05) is 13.8 Å². The molecule has 0 aromatic rings. The molecule has 0 heterocycles. The Morgan fingerprint density at radius 1 is 0.800 bits per heavy atom. The number of carbonyl (C=O) groups excluding carboxylic acids is 2. The highest BCUT2D eigenvalue weighted by molar-refractivity contribution is 5.69. The molecule has 0 aliphatic heterocycles. The zero-order valence-corrected chi connectivity index (χ0v) is 13.5. The van der Waals surface area contributed by atoms with E-state index in [0.717, 1.165) is 12.8 Å². The first kappa shape index (κ1) is 18.5. The van der Waals surface area contributed by atoms with E-state index in [9.17, 15) is 9.59 Å². The van der Waals surface area contributed by atoms with Gasteiger partial charge >= 0.3 is 12.2 Å². The molecule has 6 heteroatoms. The molecule has 6 nitrogen and oxygen atoms in total. The van der Waals surface area contributed by atoms with Crippen molar-refractivity contribution in [2.24, 2.45) is 0 Å². The van der Waals surface area contributed by atoms with Crippen LogP contribution in [0.3, 0.4) is 0 Å². The number of rotatable bonds is 7. The minimum atomic E-state index is -0.485. The second kappa shape index (κ2) is 7.97. The molecule has 0 atom stereocenters. The van der Waals surface area contributed by atoms with Gasteiger partial charge in [0.05, 0.1) is 0 Å². The summed E-state index contributed by atoms with van der Waals surface area (Å²) in [5.41, 5.74) is -0.969. The summed E-state index contributed by atoms with van der Waals surface area (Å²) in [6, 6.07) is 0. The second-order valence-electron chi connectivity index (χ2n) is 5.86. The molecule has 0 bridgehead atoms. The highest BCUT2D eigenvalue weighted by Crippen LogP contribution is 2.13. The van der Waals surface area contributed by atoms with Crippen LogP contribution in [0.2, 0.25) is 0 Å². The molecule has 0 radical (unpaired) electrons. The van der Waals surface area contributed by atoms with Crippen molar-refractivity contribution in [3.63, 3.8) is 0 Å². The van der Waals surface area contributed by atoms with Crippen LogP contribution in [-0.2, 0) is 9.47 Å². The Kier molecular flexibility index (Phi) is 7.39. The van der Waals surface area contributed by atoms with E-state index in [1.54, 1.807) is 0 Å². The van der Waals surface area contributed by atoms with Crippen molar-refractivity contribution in [1.29, 1.82) is 0 Å². The van der Waals surface area contributed by atoms with E-state index >= 15 is 0 Å². The summed E-state index contributed by atoms with van der Waals surface area (Å²) in [6.07, 6.45) is 0.496. The smallest absolute Gasteiger partial charge is 0.407 e. The number of amides is 2. The monoisotopic (exact) mass is 288 g/mol. The molecule has 0 aliphatic carbocycles. The van der Waals surface area contributed by atoms with Crippen molar-refractivity contribution < 1.29 is 19.1 Å². The normalized spacial score (nSPS) is 11.7. The van der Waals surface area contributed by atoms with E-state index in [1.807, 2.05) is 41.5 Å². The average Bonchev–Trinajstić information content (AvgIpc) is 2.33. The summed E-state index contributed by atoms with van der Waals surface area (Å²) < 4.78 is 10.4. The first-order valence-corrected chi connectivity index (χ1v) is 7.05. The van der Waals surface area contributed by atoms with Gasteiger partial charge in [0.1, 0.15) is 11.2 Å². The quantitative estimate of drug-likeness (QED) is 0.706. The van der Waals surface area contributed by atoms with Gasteiger partial charge in [-0.3, -0.25) is 0 Å². The first-order valence-electron chi connectivity index (χ1n) is 7.05. The third-order valence-electron chi connectivity index (χ3n) is 3.10. The summed E-state index contributed by atoms with van der Waals surface area (Å²) in [6.45, 7) is 11.8. The molecule has 0 saturated heterocycles. The maximum absolute atomic E-state index is 11.5. The predicted molar refractivity (Wildman–Crippen MR) is 77.7 cm³/mol. The Labute approximate surface area is 121 Å². The fourth-order valence-corrected chi connectivity index (χ4v) is 1.05. The van der Waals surface area contributed by atoms with Gasteiger partial charge in [-0.2, -0.15) is 0 Å². The zero-order chi connectivity index (χ0) is 15.8. The lowest BCUT2D eigenvalue weighted by molar-refractivity contribution is 0.0330. The molecule has 0 saturated carbocycles. The molecule has 118 valence electrons. The van der Waals surface area contributed by atoms with E-state index in [4.69, 9.17) is 9.47 Å². The molecule has 0 unspecified atom stereocenters. The van der Waals surface area contributed by atoms with Crippen molar-refractivity contribution in [2.45, 2.75) is 65.6 Å². The van der Waals surface area contributed by atoms with Crippen LogP contribution in [0.4, 0.5) is 9.59 Å². The maximum Gasteiger partial charge on any atom is 0.407 e. The van der Waals surface area contributed by atoms with Crippen LogP contribution in [0, 0.1) is 0 Å². The molecular formula is C14H28N2O4. The lowest BCUT2D eigenvalue weighted by Crippen LogP contribution is -2.40. The number of ether oxygens (including phenoxy) is 2. The Hall–Kier alpha value is -1.46. The number of nitrogens with one attached hydrogen (secondary N) is 2. The van der Waals surface area contributed by atoms with Crippen LogP contribution in [0.5, 0.6) is 0 Å². The number of carbonyl (C=O) groups is 2. The van der Waals surface area contributed by atoms with Crippen molar-refractivity contribution in [3.8, 4) is 0 Å². The number of hydrogen-bond donors (Lipinski definition) is 2. The highest BCUT2D eigenvalue weighted by Gasteiger charge is 2.21. The molecule has 0 fully saturated rings. The van der Waals surface area contributed by atoms with Gasteiger partial charge < -0.3 is 20.1 Å². The van der Waals surface area contributed by atoms with E-state index in [0.29, 0.717) is 13.1 Å². The van der Waals surface area contributed by atoms with Crippen molar-refractivity contribution in [2.75, 3.05) is 13.1 Å². The fourth-order valence-electron chi connectivity index (χ4n) is 1.05. The van der Waals surface area contributed by atoms with Crippen LogP contribution in [0.1, 0.15) is 54.4 Å². The third-order valence-corrected chi connectivity index (χ3v) is 3.10. The molecule has 2 N–H and O–H groups in total. The summed E-state index contributed by atoms with van der Waals surface area (Å²) in [5, 5.41) is 5.15. The predicted octanol–water partition coefficient (Wildman–Crippen LogP) is 2.82. The summed E-state index contributed by atoms with van der Waals surface area (Å²) in [7, 11) is 0. The first-order chi connectivity index (χ1) is 9.12. The third kappa shape index (κ3) is 8.61. The van der Waals surface area contributed by atoms with Gasteiger partial charge in [-0.15, -0.1) is 0 Å². The lowest BCUT2D eigenvalue weighted by Gasteiger charge is -2.24. The fraction of sp³-hybridized carbons (Fsp3) is 0.857. The van der Waals surface area contributed by atoms with Gasteiger partial charge in [0.25, 0.3) is 0 Å². The van der Waals surface area contributed by atoms with Crippen LogP contribution in [0.15, 0.2) is 0 Å². The molecule has 0 aromatic heterocycles. The largest absolute Gasteiger partial charge is 0.444 e. The summed E-state index contributed by atoms with van der Waals surface area (Å²) in [5.74, 6) is 0. The van der Waals surface area contributed by atoms with Crippen molar-refractivity contribution in [1.82, 2.24) is 10.6 Å². The Balaban J connectivity index is 3.82. The van der Waals surface area contributed by atoms with Gasteiger partial charge in [-0.25, -0.2) is 9.59 Å². The van der Waals surface area contributed by atoms with Crippen LogP contribution in [0.25, 0.3) is 0 Å². The Morgan fingerprint density at radius 3 is 1.35 bits per heavy atom. The van der Waals surface area contributed by atoms with Gasteiger partial charge in [0, 0.05) is 13.1 Å². The average molecular weight is 288 g/mol. The number of hydrogen-bond acceptors (Lipinski definition) is 4. The molecule has 0 spiro atoms. The van der Waals surface area contributed by atoms with E-state index in [1.165, 1.54) is 0 Å². The van der Waals surface area contributed by atoms with Gasteiger partial charge in [0.15, 0.2) is 0 Å². The van der Waals surface area contributed by atoms with Gasteiger partial charge in [-0.05, 0) is 40.5 Å². The summed E-state index contributed by atoms with van der Waals surface area (Å²) in [4.78, 5) is 22.9. The standard InChI is InChI=1S/C14H28N2O4/c1-7-13(3,4)19-11(17)15-9-10-16-12(18)20-14(5,6)8-2/h7-10H2,1-6H3,(H,15,17)(H,16,18). The Bertz CT molecular complexity index is 295. The minimum absolute atomic E-state index is 0.292. The maximum atomic E-state index is 11.5. The SMILES string of the molecule is CCC(C)(C)OC(=O)NCCNC(=O)OC(C)(C)CC. The number of alkyl carbamates (subject to hydrolysis) is 2. The van der Waals surface area contributed by atoms with Gasteiger partial charge in [0.2, 0.25) is 0 Å². The second-order valence-corrected chi connectivity index (χ2v) is 5.86. The molecule has 0 aliphatic rings. The minimum Gasteiger partial charge on any atom is -0.444 e. The lowest BCUT2D eigenvalue weighted by atomic mass is 10.1. The topological polar surface area (TPSA) is 76.7 Å². The van der Waals surface area contributed by atoms with Crippen LogP contribution in [-0.4, -0.2) is 36.5 Å². The molecule has 0 rings (SSSR count). The van der Waals surface area contributed by atoms with E-state index in [2.05, 4.69) is 10.6 Å². The Morgan fingerprint density at radius 2 is 1.10 bits per heavy atom. The molecular weight excluding hydrogens is 260 g/mol. The van der Waals surface area contributed by atoms with Crippen molar-refractivity contribution in [3.05, 3.63) is 0 Å². The van der Waals surface area contributed by atoms with Crippen molar-refractivity contribution >= 4 is 12.2 Å². The van der Waals surface area contributed by atoms with Crippen LogP contribution >= 0.6 is 0 Å². The molecule has 2 amide bonds. The zero-order valence-electron chi connectivity index (χ0n) is 13.5. The molecule has 20 heavy (non-hydrogen) atoms.